The average molecular weight is 447 g/mol. The van der Waals surface area contributed by atoms with Crippen LogP contribution in [0.15, 0.2) is 73.1 Å². The molecule has 2 aromatic heterocycles. The van der Waals surface area contributed by atoms with E-state index in [-0.39, 0.29) is 17.3 Å². The number of H-pyrrole nitrogens is 1. The summed E-state index contributed by atoms with van der Waals surface area (Å²) >= 11 is 2.79. The first-order valence-electron chi connectivity index (χ1n) is 8.94. The highest BCUT2D eigenvalue weighted by Crippen LogP contribution is 2.30. The van der Waals surface area contributed by atoms with Crippen molar-refractivity contribution < 1.29 is 8.78 Å². The molecule has 6 nitrogen and oxygen atoms in total. The second kappa shape index (κ2) is 8.49. The topological polar surface area (TPSA) is 72.7 Å². The van der Waals surface area contributed by atoms with E-state index in [0.717, 1.165) is 9.79 Å². The van der Waals surface area contributed by atoms with Gasteiger partial charge in [-0.3, -0.25) is 14.3 Å². The second-order valence-corrected chi connectivity index (χ2v) is 8.60. The van der Waals surface area contributed by atoms with Crippen LogP contribution >= 0.6 is 23.5 Å². The number of fused-ring (bicyclic) bond motifs is 1. The average Bonchev–Trinajstić information content (AvgIpc) is 3.08. The minimum Gasteiger partial charge on any atom is -0.312 e. The zero-order chi connectivity index (χ0) is 21.3. The Hall–Kier alpha value is -2.85. The number of aryl methyl sites for hydroxylation is 2. The van der Waals surface area contributed by atoms with Gasteiger partial charge in [-0.2, -0.15) is 0 Å². The van der Waals surface area contributed by atoms with Gasteiger partial charge in [0.25, 0.3) is 5.56 Å². The lowest BCUT2D eigenvalue weighted by atomic mass is 10.4. The molecule has 2 aromatic carbocycles. The molecule has 0 unspecified atom stereocenters. The third kappa shape index (κ3) is 4.19. The van der Waals surface area contributed by atoms with Gasteiger partial charge in [-0.25, -0.2) is 18.6 Å². The maximum Gasteiger partial charge on any atom is 0.329 e. The van der Waals surface area contributed by atoms with Crippen molar-refractivity contribution in [1.29, 1.82) is 0 Å². The number of nitrogens with zero attached hydrogens (tertiary/aromatic N) is 3. The summed E-state index contributed by atoms with van der Waals surface area (Å²) in [5.41, 5.74) is -0.490. The number of aromatic amines is 1. The Morgan fingerprint density at radius 2 is 1.57 bits per heavy atom. The van der Waals surface area contributed by atoms with E-state index < -0.39 is 11.2 Å². The number of rotatable bonds is 6. The fraction of sp³-hybridized carbons (Fsp3) is 0.150. The smallest absolute Gasteiger partial charge is 0.312 e. The van der Waals surface area contributed by atoms with E-state index in [1.54, 1.807) is 28.8 Å². The van der Waals surface area contributed by atoms with Gasteiger partial charge >= 0.3 is 5.69 Å². The van der Waals surface area contributed by atoms with Crippen LogP contribution in [0.25, 0.3) is 11.2 Å². The van der Waals surface area contributed by atoms with Gasteiger partial charge in [-0.05, 0) is 48.5 Å². The van der Waals surface area contributed by atoms with E-state index >= 15 is 0 Å². The van der Waals surface area contributed by atoms with E-state index in [1.807, 2.05) is 0 Å². The Morgan fingerprint density at radius 3 is 2.20 bits per heavy atom. The highest BCUT2D eigenvalue weighted by atomic mass is 32.2. The van der Waals surface area contributed by atoms with Gasteiger partial charge in [-0.1, -0.05) is 11.8 Å². The maximum atomic E-state index is 13.2. The number of hydrogen-bond acceptors (Lipinski definition) is 5. The molecule has 1 N–H and O–H groups in total. The number of thioether (sulfide) groups is 1. The van der Waals surface area contributed by atoms with Gasteiger partial charge in [0.05, 0.1) is 0 Å². The first-order chi connectivity index (χ1) is 14.4. The molecule has 0 aliphatic heterocycles. The fourth-order valence-corrected chi connectivity index (χ4v) is 4.64. The summed E-state index contributed by atoms with van der Waals surface area (Å²) in [6.45, 7) is 0.434. The standard InChI is InChI=1S/C20H16F2N4O2S2/c1-25-17-16(18(27)24-19(25)28)26(10-11-29-14-6-2-12(21)3-7-14)20(23-17)30-15-8-4-13(22)5-9-15/h2-9H,10-11H2,1H3,(H,24,27,28). The lowest BCUT2D eigenvalue weighted by molar-refractivity contribution is 0.626. The Morgan fingerprint density at radius 1 is 0.967 bits per heavy atom. The molecule has 0 fully saturated rings. The highest BCUT2D eigenvalue weighted by molar-refractivity contribution is 7.99. The predicted molar refractivity (Wildman–Crippen MR) is 113 cm³/mol. The number of nitrogens with one attached hydrogen (secondary N) is 1. The Labute approximate surface area is 178 Å². The minimum absolute atomic E-state index is 0.278. The second-order valence-electron chi connectivity index (χ2n) is 6.39. The van der Waals surface area contributed by atoms with Crippen LogP contribution in [0.5, 0.6) is 0 Å². The first-order valence-corrected chi connectivity index (χ1v) is 10.7. The summed E-state index contributed by atoms with van der Waals surface area (Å²) in [6, 6.07) is 12.1. The summed E-state index contributed by atoms with van der Waals surface area (Å²) in [6.07, 6.45) is 0. The van der Waals surface area contributed by atoms with Crippen molar-refractivity contribution in [3.63, 3.8) is 0 Å². The van der Waals surface area contributed by atoms with Gasteiger partial charge in [-0.15, -0.1) is 11.8 Å². The van der Waals surface area contributed by atoms with Crippen LogP contribution < -0.4 is 11.2 Å². The largest absolute Gasteiger partial charge is 0.329 e. The van der Waals surface area contributed by atoms with Gasteiger partial charge in [0.2, 0.25) is 0 Å². The molecule has 4 rings (SSSR count). The number of aromatic nitrogens is 4. The van der Waals surface area contributed by atoms with Crippen LogP contribution in [0.1, 0.15) is 0 Å². The molecule has 0 saturated heterocycles. The monoisotopic (exact) mass is 446 g/mol. The van der Waals surface area contributed by atoms with Crippen LogP contribution in [-0.2, 0) is 13.6 Å². The minimum atomic E-state index is -0.545. The molecule has 0 saturated carbocycles. The summed E-state index contributed by atoms with van der Waals surface area (Å²) in [4.78, 5) is 32.9. The Balaban J connectivity index is 1.70. The van der Waals surface area contributed by atoms with Gasteiger partial charge < -0.3 is 4.57 Å². The Bertz CT molecular complexity index is 1310. The quantitative estimate of drug-likeness (QED) is 0.458. The molecule has 4 aromatic rings. The van der Waals surface area contributed by atoms with Crippen molar-refractivity contribution in [2.24, 2.45) is 7.05 Å². The number of hydrogen-bond donors (Lipinski definition) is 1. The van der Waals surface area contributed by atoms with Crippen molar-refractivity contribution in [2.45, 2.75) is 21.5 Å². The van der Waals surface area contributed by atoms with E-state index in [1.165, 1.54) is 59.4 Å². The van der Waals surface area contributed by atoms with Gasteiger partial charge in [0, 0.05) is 29.1 Å². The lowest BCUT2D eigenvalue weighted by Gasteiger charge is -2.08. The summed E-state index contributed by atoms with van der Waals surface area (Å²) in [7, 11) is 1.54. The van der Waals surface area contributed by atoms with Crippen LogP contribution in [0.4, 0.5) is 8.78 Å². The van der Waals surface area contributed by atoms with E-state index in [4.69, 9.17) is 0 Å². The lowest BCUT2D eigenvalue weighted by Crippen LogP contribution is -2.29. The van der Waals surface area contributed by atoms with Crippen LogP contribution in [0.2, 0.25) is 0 Å². The predicted octanol–water partition coefficient (Wildman–Crippen LogP) is 3.65. The third-order valence-electron chi connectivity index (χ3n) is 4.39. The van der Waals surface area contributed by atoms with E-state index in [9.17, 15) is 18.4 Å². The summed E-state index contributed by atoms with van der Waals surface area (Å²) < 4.78 is 29.4. The third-order valence-corrected chi connectivity index (χ3v) is 6.39. The molecule has 0 spiro atoms. The number of halogens is 2. The van der Waals surface area contributed by atoms with Gasteiger partial charge in [0.15, 0.2) is 16.3 Å². The van der Waals surface area contributed by atoms with E-state index in [2.05, 4.69) is 9.97 Å². The zero-order valence-corrected chi connectivity index (χ0v) is 17.4. The summed E-state index contributed by atoms with van der Waals surface area (Å²) in [5, 5.41) is 0.517. The zero-order valence-electron chi connectivity index (χ0n) is 15.8. The van der Waals surface area contributed by atoms with Crippen molar-refractivity contribution in [1.82, 2.24) is 19.1 Å². The van der Waals surface area contributed by atoms with Crippen molar-refractivity contribution in [3.05, 3.63) is 81.0 Å². The molecular weight excluding hydrogens is 430 g/mol. The van der Waals surface area contributed by atoms with Crippen LogP contribution in [-0.4, -0.2) is 24.9 Å². The van der Waals surface area contributed by atoms with Crippen LogP contribution in [0, 0.1) is 11.6 Å². The molecule has 0 radical (unpaired) electrons. The molecular formula is C20H16F2N4O2S2. The number of imidazole rings is 1. The number of benzene rings is 2. The molecule has 0 bridgehead atoms. The molecule has 0 aliphatic rings. The molecule has 0 amide bonds. The molecule has 2 heterocycles. The van der Waals surface area contributed by atoms with Crippen molar-refractivity contribution in [3.8, 4) is 0 Å². The van der Waals surface area contributed by atoms with Crippen molar-refractivity contribution >= 4 is 34.7 Å². The molecule has 154 valence electrons. The highest BCUT2D eigenvalue weighted by Gasteiger charge is 2.18. The first kappa shape index (κ1) is 20.4. The maximum absolute atomic E-state index is 13.2. The SMILES string of the molecule is Cn1c(=O)[nH]c(=O)c2c1nc(Sc1ccc(F)cc1)n2CCSc1ccc(F)cc1. The summed E-state index contributed by atoms with van der Waals surface area (Å²) in [5.74, 6) is -0.0520. The van der Waals surface area contributed by atoms with Crippen LogP contribution in [0.3, 0.4) is 0 Å². The molecule has 0 aliphatic carbocycles. The normalized spacial score (nSPS) is 11.3. The molecule has 0 atom stereocenters. The van der Waals surface area contributed by atoms with Crippen molar-refractivity contribution in [2.75, 3.05) is 5.75 Å². The Kier molecular flexibility index (Phi) is 5.78. The fourth-order valence-electron chi connectivity index (χ4n) is 2.89. The van der Waals surface area contributed by atoms with E-state index in [0.29, 0.717) is 23.0 Å². The van der Waals surface area contributed by atoms with Gasteiger partial charge in [0.1, 0.15) is 11.6 Å². The molecule has 10 heteroatoms. The molecule has 30 heavy (non-hydrogen) atoms.